The van der Waals surface area contributed by atoms with Crippen molar-refractivity contribution in [3.8, 4) is 0 Å². The highest BCUT2D eigenvalue weighted by Crippen LogP contribution is 2.19. The van der Waals surface area contributed by atoms with Crippen molar-refractivity contribution in [1.82, 2.24) is 15.8 Å². The number of hydrogen-bond donors (Lipinski definition) is 2. The minimum absolute atomic E-state index is 0.913. The molecule has 2 heterocycles. The normalized spacial score (nSPS) is 15.5. The summed E-state index contributed by atoms with van der Waals surface area (Å²) in [5.74, 6) is 0. The van der Waals surface area contributed by atoms with Crippen LogP contribution in [0.4, 0.5) is 0 Å². The maximum atomic E-state index is 4.86. The molecule has 0 aliphatic carbocycles. The minimum atomic E-state index is 0.913. The van der Waals surface area contributed by atoms with Crippen molar-refractivity contribution in [2.75, 3.05) is 13.1 Å². The Kier molecular flexibility index (Phi) is 5.21. The van der Waals surface area contributed by atoms with Crippen LogP contribution < -0.4 is 10.9 Å². The average molecular weight is 350 g/mol. The van der Waals surface area contributed by atoms with Gasteiger partial charge in [0.05, 0.1) is 10.7 Å². The molecule has 1 aliphatic heterocycles. The summed E-state index contributed by atoms with van der Waals surface area (Å²) in [6.45, 7) is 1.87. The molecule has 3 aromatic rings. The molecule has 0 saturated heterocycles. The summed E-state index contributed by atoms with van der Waals surface area (Å²) in [4.78, 5) is 4.86. The zero-order valence-corrected chi connectivity index (χ0v) is 15.1. The van der Waals surface area contributed by atoms with E-state index in [0.717, 1.165) is 38.8 Å². The van der Waals surface area contributed by atoms with E-state index in [1.807, 2.05) is 0 Å². The topological polar surface area (TPSA) is 37.0 Å². The lowest BCUT2D eigenvalue weighted by Gasteiger charge is -2.09. The zero-order chi connectivity index (χ0) is 16.9. The zero-order valence-electron chi connectivity index (χ0n) is 14.3. The highest BCUT2D eigenvalue weighted by atomic mass is 32.1. The quantitative estimate of drug-likeness (QED) is 0.652. The summed E-state index contributed by atoms with van der Waals surface area (Å²) >= 11 is 1.78. The van der Waals surface area contributed by atoms with Crippen molar-refractivity contribution in [2.45, 2.75) is 25.7 Å². The predicted octanol–water partition coefficient (Wildman–Crippen LogP) is 3.52. The number of nitrogens with one attached hydrogen (secondary N) is 2. The van der Waals surface area contributed by atoms with Gasteiger partial charge in [-0.2, -0.15) is 0 Å². The molecule has 6 bridgehead atoms. The van der Waals surface area contributed by atoms with E-state index in [-0.39, 0.29) is 0 Å². The number of nitrogens with zero attached hydrogens (tertiary/aromatic N) is 1. The lowest BCUT2D eigenvalue weighted by molar-refractivity contribution is 0.536. The second kappa shape index (κ2) is 7.91. The number of rotatable bonds is 0. The Balaban J connectivity index is 1.59. The Morgan fingerprint density at radius 2 is 1.36 bits per heavy atom. The highest BCUT2D eigenvalue weighted by molar-refractivity contribution is 7.09. The maximum Gasteiger partial charge on any atom is 0.0972 e. The van der Waals surface area contributed by atoms with Crippen LogP contribution in [0, 0.1) is 0 Å². The van der Waals surface area contributed by atoms with Gasteiger partial charge < -0.3 is 0 Å². The molecular formula is C21H23N3S. The SMILES string of the molecule is c1cc2cc(c1)Cc1csc(n1)Cc1cccc(c1)CCNNCC2. The molecule has 0 radical (unpaired) electrons. The first-order valence-electron chi connectivity index (χ1n) is 8.90. The molecular weight excluding hydrogens is 326 g/mol. The maximum absolute atomic E-state index is 4.86. The van der Waals surface area contributed by atoms with Gasteiger partial charge in [0, 0.05) is 31.3 Å². The molecule has 1 aromatic heterocycles. The molecule has 1 aliphatic rings. The van der Waals surface area contributed by atoms with E-state index in [1.165, 1.54) is 33.0 Å². The molecule has 0 fully saturated rings. The molecule has 2 N–H and O–H groups in total. The van der Waals surface area contributed by atoms with Gasteiger partial charge in [-0.05, 0) is 35.1 Å². The van der Waals surface area contributed by atoms with Gasteiger partial charge in [0.25, 0.3) is 0 Å². The van der Waals surface area contributed by atoms with E-state index in [2.05, 4.69) is 64.8 Å². The van der Waals surface area contributed by atoms with Gasteiger partial charge in [0.1, 0.15) is 0 Å². The molecule has 0 saturated carbocycles. The summed E-state index contributed by atoms with van der Waals surface area (Å²) in [5, 5.41) is 3.41. The van der Waals surface area contributed by atoms with Crippen molar-refractivity contribution >= 4 is 11.3 Å². The van der Waals surface area contributed by atoms with Gasteiger partial charge in [-0.1, -0.05) is 48.5 Å². The number of hydrazine groups is 1. The second-order valence-electron chi connectivity index (χ2n) is 6.58. The van der Waals surface area contributed by atoms with Gasteiger partial charge in [-0.25, -0.2) is 4.98 Å². The highest BCUT2D eigenvalue weighted by Gasteiger charge is 2.06. The van der Waals surface area contributed by atoms with Crippen LogP contribution in [-0.4, -0.2) is 18.1 Å². The third-order valence-electron chi connectivity index (χ3n) is 4.53. The Morgan fingerprint density at radius 1 is 0.760 bits per heavy atom. The number of thiazole rings is 1. The Morgan fingerprint density at radius 3 is 2.04 bits per heavy atom. The van der Waals surface area contributed by atoms with Crippen molar-refractivity contribution in [1.29, 1.82) is 0 Å². The molecule has 3 nitrogen and oxygen atoms in total. The van der Waals surface area contributed by atoms with Crippen molar-refractivity contribution in [3.05, 3.63) is 86.9 Å². The van der Waals surface area contributed by atoms with Crippen LogP contribution in [0.5, 0.6) is 0 Å². The van der Waals surface area contributed by atoms with Crippen LogP contribution in [0.15, 0.2) is 53.9 Å². The first-order chi connectivity index (χ1) is 12.3. The fraction of sp³-hybridized carbons (Fsp3) is 0.286. The molecule has 0 atom stereocenters. The van der Waals surface area contributed by atoms with Gasteiger partial charge in [0.15, 0.2) is 0 Å². The average Bonchev–Trinajstić information content (AvgIpc) is 3.05. The van der Waals surface area contributed by atoms with Gasteiger partial charge in [-0.3, -0.25) is 10.9 Å². The van der Waals surface area contributed by atoms with Crippen LogP contribution in [0.1, 0.15) is 33.0 Å². The fourth-order valence-electron chi connectivity index (χ4n) is 3.28. The second-order valence-corrected chi connectivity index (χ2v) is 7.52. The van der Waals surface area contributed by atoms with E-state index < -0.39 is 0 Å². The first kappa shape index (κ1) is 16.5. The van der Waals surface area contributed by atoms with Crippen LogP contribution in [0.25, 0.3) is 0 Å². The molecule has 0 amide bonds. The van der Waals surface area contributed by atoms with Crippen molar-refractivity contribution in [3.63, 3.8) is 0 Å². The number of hydrogen-bond acceptors (Lipinski definition) is 4. The lowest BCUT2D eigenvalue weighted by atomic mass is 10.0. The van der Waals surface area contributed by atoms with Gasteiger partial charge >= 0.3 is 0 Å². The smallest absolute Gasteiger partial charge is 0.0972 e. The third kappa shape index (κ3) is 4.54. The molecule has 2 aromatic carbocycles. The van der Waals surface area contributed by atoms with E-state index >= 15 is 0 Å². The third-order valence-corrected chi connectivity index (χ3v) is 5.42. The molecule has 128 valence electrons. The molecule has 4 rings (SSSR count). The fourth-order valence-corrected chi connectivity index (χ4v) is 4.10. The van der Waals surface area contributed by atoms with Crippen LogP contribution in [0.2, 0.25) is 0 Å². The first-order valence-corrected chi connectivity index (χ1v) is 9.78. The summed E-state index contributed by atoms with van der Waals surface area (Å²) < 4.78 is 0. The lowest BCUT2D eigenvalue weighted by Crippen LogP contribution is -2.34. The van der Waals surface area contributed by atoms with Crippen molar-refractivity contribution < 1.29 is 0 Å². The Labute approximate surface area is 153 Å². The van der Waals surface area contributed by atoms with Crippen LogP contribution >= 0.6 is 11.3 Å². The molecule has 4 heteroatoms. The van der Waals surface area contributed by atoms with Gasteiger partial charge in [0.2, 0.25) is 0 Å². The minimum Gasteiger partial charge on any atom is -0.258 e. The van der Waals surface area contributed by atoms with E-state index in [1.54, 1.807) is 11.3 Å². The van der Waals surface area contributed by atoms with Crippen molar-refractivity contribution in [2.24, 2.45) is 0 Å². The molecule has 0 spiro atoms. The predicted molar refractivity (Wildman–Crippen MR) is 104 cm³/mol. The summed E-state index contributed by atoms with van der Waals surface area (Å²) in [6, 6.07) is 17.7. The Bertz CT molecular complexity index is 772. The van der Waals surface area contributed by atoms with E-state index in [9.17, 15) is 0 Å². The number of benzene rings is 2. The molecule has 25 heavy (non-hydrogen) atoms. The monoisotopic (exact) mass is 349 g/mol. The summed E-state index contributed by atoms with van der Waals surface area (Å²) in [7, 11) is 0. The molecule has 0 unspecified atom stereocenters. The van der Waals surface area contributed by atoms with Gasteiger partial charge in [-0.15, -0.1) is 11.3 Å². The largest absolute Gasteiger partial charge is 0.258 e. The standard InChI is InChI=1S/C21H23N3S/c1-3-16-7-9-22-23-10-8-17-4-2-6-19(12-17)14-21-24-20(15-25-21)13-18(5-1)11-16/h1-6,11-12,15,22-23H,7-10,13-14H2. The van der Waals surface area contributed by atoms with E-state index in [4.69, 9.17) is 4.98 Å². The van der Waals surface area contributed by atoms with Crippen LogP contribution in [0.3, 0.4) is 0 Å². The Hall–Kier alpha value is -2.01. The number of aromatic nitrogens is 1. The number of fused-ring (bicyclic) bond motifs is 6. The van der Waals surface area contributed by atoms with Crippen LogP contribution in [-0.2, 0) is 25.7 Å². The van der Waals surface area contributed by atoms with E-state index in [0.29, 0.717) is 0 Å². The summed E-state index contributed by atoms with van der Waals surface area (Å²) in [5.41, 5.74) is 13.3. The summed E-state index contributed by atoms with van der Waals surface area (Å²) in [6.07, 6.45) is 3.89.